The van der Waals surface area contributed by atoms with Crippen LogP contribution in [0.5, 0.6) is 5.88 Å². The molecule has 0 radical (unpaired) electrons. The van der Waals surface area contributed by atoms with Crippen LogP contribution in [0.25, 0.3) is 17.1 Å². The highest BCUT2D eigenvalue weighted by atomic mass is 79.9. The van der Waals surface area contributed by atoms with Crippen LogP contribution in [-0.2, 0) is 9.53 Å². The van der Waals surface area contributed by atoms with Gasteiger partial charge >= 0.3 is 6.09 Å². The predicted octanol–water partition coefficient (Wildman–Crippen LogP) is 4.21. The van der Waals surface area contributed by atoms with Crippen LogP contribution in [0.2, 0.25) is 0 Å². The number of aromatic nitrogens is 2. The number of hydrogen-bond donors (Lipinski definition) is 0. The lowest BCUT2D eigenvalue weighted by Gasteiger charge is -2.19. The molecule has 1 aliphatic heterocycles. The highest BCUT2D eigenvalue weighted by molar-refractivity contribution is 9.10. The number of amides is 2. The molecule has 1 aromatic carbocycles. The molecule has 1 atom stereocenters. The standard InChI is InChI=1S/C24H23BrN4O4/c1-15-4-6-17(12-19(15)25)29-14-18(33-24(29)31)13-28(2)22(30)9-5-16-10-11-26-20-7-8-21(32-3)27-23(16)20/h4-12,18H,13-14H2,1-3H3/b9-5+/t18-/m1/s1. The van der Waals surface area contributed by atoms with E-state index in [1.54, 1.807) is 43.5 Å². The lowest BCUT2D eigenvalue weighted by Crippen LogP contribution is -2.35. The summed E-state index contributed by atoms with van der Waals surface area (Å²) in [6, 6.07) is 11.0. The summed E-state index contributed by atoms with van der Waals surface area (Å²) in [6.07, 6.45) is 4.00. The molecule has 0 saturated carbocycles. The Morgan fingerprint density at radius 3 is 2.91 bits per heavy atom. The third-order valence-electron chi connectivity index (χ3n) is 5.40. The van der Waals surface area contributed by atoms with Crippen molar-refractivity contribution in [1.82, 2.24) is 14.9 Å². The number of pyridine rings is 2. The summed E-state index contributed by atoms with van der Waals surface area (Å²) >= 11 is 3.49. The molecule has 1 fully saturated rings. The van der Waals surface area contributed by atoms with Crippen LogP contribution >= 0.6 is 15.9 Å². The van der Waals surface area contributed by atoms with E-state index in [9.17, 15) is 9.59 Å². The van der Waals surface area contributed by atoms with E-state index in [1.165, 1.54) is 11.0 Å². The summed E-state index contributed by atoms with van der Waals surface area (Å²) in [6.45, 7) is 2.63. The summed E-state index contributed by atoms with van der Waals surface area (Å²) < 4.78 is 11.6. The quantitative estimate of drug-likeness (QED) is 0.462. The molecule has 1 aliphatic rings. The van der Waals surface area contributed by atoms with E-state index in [4.69, 9.17) is 9.47 Å². The van der Waals surface area contributed by atoms with Crippen LogP contribution in [0.1, 0.15) is 11.1 Å². The number of methoxy groups -OCH3 is 1. The number of carbonyl (C=O) groups is 2. The fourth-order valence-electron chi connectivity index (χ4n) is 3.54. The van der Waals surface area contributed by atoms with Crippen molar-refractivity contribution >= 4 is 50.7 Å². The number of anilines is 1. The van der Waals surface area contributed by atoms with Gasteiger partial charge in [-0.25, -0.2) is 9.78 Å². The zero-order chi connectivity index (χ0) is 23.5. The second kappa shape index (κ2) is 9.58. The molecule has 3 aromatic rings. The number of benzene rings is 1. The average molecular weight is 511 g/mol. The molecule has 2 amide bonds. The lowest BCUT2D eigenvalue weighted by atomic mass is 10.2. The Balaban J connectivity index is 1.42. The number of cyclic esters (lactones) is 1. The summed E-state index contributed by atoms with van der Waals surface area (Å²) in [5.74, 6) is 0.261. The monoisotopic (exact) mass is 510 g/mol. The van der Waals surface area contributed by atoms with Gasteiger partial charge in [-0.15, -0.1) is 0 Å². The second-order valence-corrected chi connectivity index (χ2v) is 8.58. The van der Waals surface area contributed by atoms with Crippen LogP contribution in [0.3, 0.4) is 0 Å². The van der Waals surface area contributed by atoms with Gasteiger partial charge in [0.2, 0.25) is 11.8 Å². The Morgan fingerprint density at radius 1 is 1.33 bits per heavy atom. The molecule has 33 heavy (non-hydrogen) atoms. The number of nitrogens with zero attached hydrogens (tertiary/aromatic N) is 4. The van der Waals surface area contributed by atoms with Crippen molar-refractivity contribution in [2.75, 3.05) is 32.1 Å². The van der Waals surface area contributed by atoms with E-state index >= 15 is 0 Å². The number of carbonyl (C=O) groups excluding carboxylic acids is 2. The topological polar surface area (TPSA) is 84.9 Å². The Hall–Kier alpha value is -3.46. The van der Waals surface area contributed by atoms with Crippen LogP contribution in [-0.4, -0.2) is 60.2 Å². The minimum atomic E-state index is -0.424. The highest BCUT2D eigenvalue weighted by Gasteiger charge is 2.33. The number of ether oxygens (including phenoxy) is 2. The van der Waals surface area contributed by atoms with Gasteiger partial charge in [-0.05, 0) is 42.8 Å². The van der Waals surface area contributed by atoms with Gasteiger partial charge < -0.3 is 14.4 Å². The summed E-state index contributed by atoms with van der Waals surface area (Å²) in [5, 5.41) is 0. The van der Waals surface area contributed by atoms with Crippen LogP contribution in [0.4, 0.5) is 10.5 Å². The molecule has 9 heteroatoms. The zero-order valence-electron chi connectivity index (χ0n) is 18.5. The molecule has 3 heterocycles. The molecule has 8 nitrogen and oxygen atoms in total. The largest absolute Gasteiger partial charge is 0.481 e. The average Bonchev–Trinajstić information content (AvgIpc) is 3.18. The molecular formula is C24H23BrN4O4. The third kappa shape index (κ3) is 4.98. The fraction of sp³-hybridized carbons (Fsp3) is 0.250. The number of hydrogen-bond acceptors (Lipinski definition) is 6. The molecule has 0 aliphatic carbocycles. The molecular weight excluding hydrogens is 488 g/mol. The first kappa shape index (κ1) is 22.7. The van der Waals surface area contributed by atoms with E-state index in [-0.39, 0.29) is 12.5 Å². The summed E-state index contributed by atoms with van der Waals surface area (Å²) in [4.78, 5) is 36.9. The molecule has 0 unspecified atom stereocenters. The van der Waals surface area contributed by atoms with E-state index in [2.05, 4.69) is 25.9 Å². The Labute approximate surface area is 200 Å². The van der Waals surface area contributed by atoms with Gasteiger partial charge in [0.05, 0.1) is 31.2 Å². The van der Waals surface area contributed by atoms with E-state index < -0.39 is 12.2 Å². The van der Waals surface area contributed by atoms with Crippen molar-refractivity contribution in [2.24, 2.45) is 0 Å². The number of halogens is 1. The van der Waals surface area contributed by atoms with Crippen LogP contribution in [0, 0.1) is 6.92 Å². The smallest absolute Gasteiger partial charge is 0.414 e. The van der Waals surface area contributed by atoms with Gasteiger partial charge in [0.1, 0.15) is 6.10 Å². The highest BCUT2D eigenvalue weighted by Crippen LogP contribution is 2.27. The molecule has 4 rings (SSSR count). The van der Waals surface area contributed by atoms with Crippen molar-refractivity contribution in [3.05, 3.63) is 64.3 Å². The van der Waals surface area contributed by atoms with Gasteiger partial charge in [-0.2, -0.15) is 0 Å². The number of rotatable bonds is 6. The first-order valence-electron chi connectivity index (χ1n) is 10.3. The SMILES string of the molecule is COc1ccc2nccc(/C=C/C(=O)N(C)C[C@@H]3CN(c4ccc(C)c(Br)c4)C(=O)O3)c2n1. The van der Waals surface area contributed by atoms with Gasteiger partial charge in [0.15, 0.2) is 0 Å². The Kier molecular flexibility index (Phi) is 6.60. The second-order valence-electron chi connectivity index (χ2n) is 7.72. The molecule has 0 bridgehead atoms. The minimum Gasteiger partial charge on any atom is -0.481 e. The molecule has 0 N–H and O–H groups in total. The number of likely N-dealkylation sites (N-methyl/N-ethyl adjacent to an activating group) is 1. The lowest BCUT2D eigenvalue weighted by molar-refractivity contribution is -0.125. The minimum absolute atomic E-state index is 0.213. The van der Waals surface area contributed by atoms with Gasteiger partial charge in [-0.3, -0.25) is 14.7 Å². The van der Waals surface area contributed by atoms with E-state index in [1.807, 2.05) is 31.2 Å². The maximum Gasteiger partial charge on any atom is 0.414 e. The summed E-state index contributed by atoms with van der Waals surface area (Å²) in [5.41, 5.74) is 3.94. The van der Waals surface area contributed by atoms with Crippen molar-refractivity contribution in [1.29, 1.82) is 0 Å². The third-order valence-corrected chi connectivity index (χ3v) is 6.25. The van der Waals surface area contributed by atoms with Crippen LogP contribution in [0.15, 0.2) is 53.1 Å². The maximum absolute atomic E-state index is 12.7. The van der Waals surface area contributed by atoms with Crippen molar-refractivity contribution in [3.63, 3.8) is 0 Å². The van der Waals surface area contributed by atoms with Crippen LogP contribution < -0.4 is 9.64 Å². The van der Waals surface area contributed by atoms with Gasteiger partial charge in [0.25, 0.3) is 0 Å². The first-order chi connectivity index (χ1) is 15.9. The van der Waals surface area contributed by atoms with Crippen molar-refractivity contribution in [3.8, 4) is 5.88 Å². The normalized spacial score (nSPS) is 15.8. The number of aryl methyl sites for hydroxylation is 1. The maximum atomic E-state index is 12.7. The first-order valence-corrected chi connectivity index (χ1v) is 11.1. The molecule has 2 aromatic heterocycles. The number of fused-ring (bicyclic) bond motifs is 1. The summed E-state index contributed by atoms with van der Waals surface area (Å²) in [7, 11) is 3.23. The van der Waals surface area contributed by atoms with E-state index in [0.717, 1.165) is 21.3 Å². The van der Waals surface area contributed by atoms with Gasteiger partial charge in [-0.1, -0.05) is 22.0 Å². The van der Waals surface area contributed by atoms with E-state index in [0.29, 0.717) is 23.5 Å². The predicted molar refractivity (Wildman–Crippen MR) is 129 cm³/mol. The fourth-order valence-corrected chi connectivity index (χ4v) is 3.90. The molecule has 0 spiro atoms. The Morgan fingerprint density at radius 2 is 2.15 bits per heavy atom. The van der Waals surface area contributed by atoms with Crippen molar-refractivity contribution in [2.45, 2.75) is 13.0 Å². The molecule has 1 saturated heterocycles. The zero-order valence-corrected chi connectivity index (χ0v) is 20.1. The Bertz CT molecular complexity index is 1250. The molecule has 170 valence electrons. The van der Waals surface area contributed by atoms with Gasteiger partial charge in [0, 0.05) is 41.1 Å². The van der Waals surface area contributed by atoms with Crippen molar-refractivity contribution < 1.29 is 19.1 Å².